The van der Waals surface area contributed by atoms with Gasteiger partial charge in [-0.3, -0.25) is 14.8 Å². The van der Waals surface area contributed by atoms with Gasteiger partial charge >= 0.3 is 0 Å². The lowest BCUT2D eigenvalue weighted by molar-refractivity contribution is 0.0303. The van der Waals surface area contributed by atoms with Crippen molar-refractivity contribution in [2.45, 2.75) is 20.8 Å². The number of carbonyl (C=O) groups excluding carboxylic acids is 1. The third-order valence-electron chi connectivity index (χ3n) is 5.23. The van der Waals surface area contributed by atoms with Crippen LogP contribution in [-0.2, 0) is 4.74 Å². The molecule has 180 valence electrons. The zero-order valence-electron chi connectivity index (χ0n) is 20.7. The van der Waals surface area contributed by atoms with Crippen LogP contribution in [0.4, 0.5) is 0 Å². The second-order valence-corrected chi connectivity index (χ2v) is 8.42. The molecule has 1 aromatic heterocycles. The Kier molecular flexibility index (Phi) is 8.48. The SMILES string of the molecule is C=C(C=C(C)C(=NC)c1cn(-c2ccc(C(=O)N3CCOCC3)cc2)nn1)CN(C)N=C(C)C. The number of amides is 1. The van der Waals surface area contributed by atoms with Crippen LogP contribution in [0.2, 0.25) is 0 Å². The van der Waals surface area contributed by atoms with Gasteiger partial charge in [-0.15, -0.1) is 5.10 Å². The number of hydrogen-bond donors (Lipinski definition) is 0. The van der Waals surface area contributed by atoms with Crippen molar-refractivity contribution in [2.75, 3.05) is 46.9 Å². The van der Waals surface area contributed by atoms with Crippen LogP contribution in [-0.4, -0.2) is 89.2 Å². The van der Waals surface area contributed by atoms with Gasteiger partial charge in [0.05, 0.1) is 37.4 Å². The summed E-state index contributed by atoms with van der Waals surface area (Å²) in [4.78, 5) is 18.9. The van der Waals surface area contributed by atoms with Crippen molar-refractivity contribution in [3.63, 3.8) is 0 Å². The molecule has 9 nitrogen and oxygen atoms in total. The van der Waals surface area contributed by atoms with Gasteiger partial charge in [-0.1, -0.05) is 17.9 Å². The highest BCUT2D eigenvalue weighted by atomic mass is 16.5. The molecule has 0 unspecified atom stereocenters. The Morgan fingerprint density at radius 3 is 2.50 bits per heavy atom. The van der Waals surface area contributed by atoms with Crippen molar-refractivity contribution in [3.05, 3.63) is 65.5 Å². The lowest BCUT2D eigenvalue weighted by atomic mass is 10.1. The molecule has 9 heteroatoms. The van der Waals surface area contributed by atoms with E-state index in [4.69, 9.17) is 4.74 Å². The summed E-state index contributed by atoms with van der Waals surface area (Å²) >= 11 is 0. The molecule has 1 amide bonds. The van der Waals surface area contributed by atoms with E-state index < -0.39 is 0 Å². The summed E-state index contributed by atoms with van der Waals surface area (Å²) in [6.45, 7) is 13.0. The third kappa shape index (κ3) is 6.48. The molecule has 0 aliphatic carbocycles. The van der Waals surface area contributed by atoms with Crippen LogP contribution in [0.25, 0.3) is 5.69 Å². The number of morpholine rings is 1. The van der Waals surface area contributed by atoms with Gasteiger partial charge in [0.1, 0.15) is 5.69 Å². The normalized spacial score (nSPS) is 14.7. The minimum Gasteiger partial charge on any atom is -0.378 e. The molecule has 0 saturated carbocycles. The van der Waals surface area contributed by atoms with Crippen LogP contribution in [0.5, 0.6) is 0 Å². The molecular formula is C25H33N7O2. The average Bonchev–Trinajstić information content (AvgIpc) is 3.28. The molecule has 0 spiro atoms. The van der Waals surface area contributed by atoms with E-state index in [2.05, 4.69) is 27.0 Å². The van der Waals surface area contributed by atoms with Gasteiger partial charge in [0, 0.05) is 38.5 Å². The van der Waals surface area contributed by atoms with E-state index in [1.165, 1.54) is 0 Å². The van der Waals surface area contributed by atoms with Crippen molar-refractivity contribution < 1.29 is 9.53 Å². The maximum Gasteiger partial charge on any atom is 0.254 e. The first kappa shape index (κ1) is 25.0. The smallest absolute Gasteiger partial charge is 0.254 e. The first-order valence-electron chi connectivity index (χ1n) is 11.2. The Morgan fingerprint density at radius 2 is 1.88 bits per heavy atom. The number of benzene rings is 1. The summed E-state index contributed by atoms with van der Waals surface area (Å²) in [6, 6.07) is 7.36. The fourth-order valence-corrected chi connectivity index (χ4v) is 3.79. The molecule has 0 N–H and O–H groups in total. The monoisotopic (exact) mass is 463 g/mol. The van der Waals surface area contributed by atoms with E-state index in [-0.39, 0.29) is 5.91 Å². The van der Waals surface area contributed by atoms with Gasteiger partial charge in [-0.05, 0) is 56.2 Å². The van der Waals surface area contributed by atoms with Crippen molar-refractivity contribution in [2.24, 2.45) is 10.1 Å². The molecule has 1 aromatic carbocycles. The molecule has 1 saturated heterocycles. The zero-order valence-corrected chi connectivity index (χ0v) is 20.7. The van der Waals surface area contributed by atoms with E-state index in [0.717, 1.165) is 28.3 Å². The van der Waals surface area contributed by atoms with E-state index in [9.17, 15) is 4.79 Å². The van der Waals surface area contributed by atoms with Crippen molar-refractivity contribution in [1.29, 1.82) is 0 Å². The number of rotatable bonds is 8. The van der Waals surface area contributed by atoms with E-state index >= 15 is 0 Å². The molecule has 34 heavy (non-hydrogen) atoms. The van der Waals surface area contributed by atoms with Crippen molar-refractivity contribution >= 4 is 17.3 Å². The molecule has 0 atom stereocenters. The predicted molar refractivity (Wildman–Crippen MR) is 135 cm³/mol. The highest BCUT2D eigenvalue weighted by Gasteiger charge is 2.18. The first-order valence-corrected chi connectivity index (χ1v) is 11.2. The minimum absolute atomic E-state index is 0.0148. The van der Waals surface area contributed by atoms with Crippen molar-refractivity contribution in [1.82, 2.24) is 24.9 Å². The van der Waals surface area contributed by atoms with Crippen LogP contribution < -0.4 is 0 Å². The number of hydrazone groups is 1. The highest BCUT2D eigenvalue weighted by molar-refractivity contribution is 6.11. The largest absolute Gasteiger partial charge is 0.378 e. The zero-order chi connectivity index (χ0) is 24.7. The summed E-state index contributed by atoms with van der Waals surface area (Å²) in [6.07, 6.45) is 3.82. The molecule has 1 aliphatic rings. The summed E-state index contributed by atoms with van der Waals surface area (Å²) < 4.78 is 7.00. The maximum atomic E-state index is 12.7. The fraction of sp³-hybridized carbons (Fsp3) is 0.400. The minimum atomic E-state index is 0.0148. The van der Waals surface area contributed by atoms with Crippen LogP contribution in [0.3, 0.4) is 0 Å². The summed E-state index contributed by atoms with van der Waals surface area (Å²) in [5, 5.41) is 14.8. The topological polar surface area (TPSA) is 88.2 Å². The van der Waals surface area contributed by atoms with Gasteiger partial charge in [0.2, 0.25) is 0 Å². The Labute approximate surface area is 201 Å². The lowest BCUT2D eigenvalue weighted by Crippen LogP contribution is -2.40. The van der Waals surface area contributed by atoms with E-state index in [1.807, 2.05) is 74.3 Å². The second kappa shape index (κ2) is 11.5. The molecule has 1 aliphatic heterocycles. The summed E-state index contributed by atoms with van der Waals surface area (Å²) in [7, 11) is 3.65. The van der Waals surface area contributed by atoms with Gasteiger partial charge in [-0.2, -0.15) is 5.10 Å². The quantitative estimate of drug-likeness (QED) is 0.341. The van der Waals surface area contributed by atoms with Crippen LogP contribution in [0, 0.1) is 0 Å². The number of carbonyl (C=O) groups is 1. The number of likely N-dealkylation sites (N-methyl/N-ethyl adjacent to an activating group) is 1. The molecule has 0 radical (unpaired) electrons. The van der Waals surface area contributed by atoms with Gasteiger partial charge in [0.15, 0.2) is 0 Å². The molecule has 2 heterocycles. The standard InChI is InChI=1S/C25H33N7O2/c1-18(2)28-30(6)16-19(3)15-20(4)24(26-5)23-17-32(29-27-23)22-9-7-21(8-10-22)25(33)31-11-13-34-14-12-31/h7-10,15,17H,3,11-14,16H2,1-2,4-6H3. The predicted octanol–water partition coefficient (Wildman–Crippen LogP) is 2.99. The molecule has 1 fully saturated rings. The Bertz CT molecular complexity index is 1100. The summed E-state index contributed by atoms with van der Waals surface area (Å²) in [5.74, 6) is 0.0148. The Balaban J connectivity index is 1.71. The number of ether oxygens (including phenoxy) is 1. The number of aromatic nitrogens is 3. The van der Waals surface area contributed by atoms with Gasteiger partial charge < -0.3 is 9.64 Å². The number of nitrogens with zero attached hydrogens (tertiary/aromatic N) is 7. The maximum absolute atomic E-state index is 12.7. The average molecular weight is 464 g/mol. The second-order valence-electron chi connectivity index (χ2n) is 8.42. The lowest BCUT2D eigenvalue weighted by Gasteiger charge is -2.26. The fourth-order valence-electron chi connectivity index (χ4n) is 3.79. The Morgan fingerprint density at radius 1 is 1.21 bits per heavy atom. The van der Waals surface area contributed by atoms with Gasteiger partial charge in [0.25, 0.3) is 5.91 Å². The summed E-state index contributed by atoms with van der Waals surface area (Å²) in [5.41, 5.74) is 5.70. The van der Waals surface area contributed by atoms with E-state index in [0.29, 0.717) is 44.1 Å². The highest BCUT2D eigenvalue weighted by Crippen LogP contribution is 2.15. The number of allylic oxidation sites excluding steroid dienone is 1. The first-order chi connectivity index (χ1) is 16.3. The molecule has 0 bridgehead atoms. The number of aliphatic imine (C=N–C) groups is 1. The molecule has 2 aromatic rings. The Hall–Kier alpha value is -3.59. The third-order valence-corrected chi connectivity index (χ3v) is 5.23. The van der Waals surface area contributed by atoms with Crippen LogP contribution >= 0.6 is 0 Å². The van der Waals surface area contributed by atoms with Crippen molar-refractivity contribution in [3.8, 4) is 5.69 Å². The number of hydrogen-bond acceptors (Lipinski definition) is 7. The molecule has 3 rings (SSSR count). The molecular weight excluding hydrogens is 430 g/mol. The van der Waals surface area contributed by atoms with E-state index in [1.54, 1.807) is 11.7 Å². The van der Waals surface area contributed by atoms with Gasteiger partial charge in [-0.25, -0.2) is 4.68 Å². The van der Waals surface area contributed by atoms with Crippen LogP contribution in [0.15, 0.2) is 64.4 Å². The van der Waals surface area contributed by atoms with Crippen LogP contribution in [0.1, 0.15) is 36.8 Å².